The summed E-state index contributed by atoms with van der Waals surface area (Å²) in [6, 6.07) is 7.59. The SMILES string of the molecule is CCCNC(COC)COc1ccc(Cl)cc1. The maximum atomic E-state index is 5.80. The van der Waals surface area contributed by atoms with E-state index in [1.807, 2.05) is 24.3 Å². The van der Waals surface area contributed by atoms with E-state index in [9.17, 15) is 0 Å². The molecule has 0 heterocycles. The van der Waals surface area contributed by atoms with Crippen LogP contribution in [-0.2, 0) is 4.74 Å². The summed E-state index contributed by atoms with van der Waals surface area (Å²) in [4.78, 5) is 0. The lowest BCUT2D eigenvalue weighted by Crippen LogP contribution is -2.38. The fraction of sp³-hybridized carbons (Fsp3) is 0.538. The van der Waals surface area contributed by atoms with Gasteiger partial charge >= 0.3 is 0 Å². The van der Waals surface area contributed by atoms with Gasteiger partial charge in [-0.3, -0.25) is 0 Å². The van der Waals surface area contributed by atoms with Crippen LogP contribution in [0, 0.1) is 0 Å². The van der Waals surface area contributed by atoms with Gasteiger partial charge in [0.25, 0.3) is 0 Å². The smallest absolute Gasteiger partial charge is 0.119 e. The molecule has 1 unspecified atom stereocenters. The average molecular weight is 258 g/mol. The second kappa shape index (κ2) is 8.34. The molecular formula is C13H20ClNO2. The van der Waals surface area contributed by atoms with E-state index in [0.717, 1.165) is 23.7 Å². The number of benzene rings is 1. The maximum absolute atomic E-state index is 5.80. The lowest BCUT2D eigenvalue weighted by molar-refractivity contribution is 0.136. The number of ether oxygens (including phenoxy) is 2. The van der Waals surface area contributed by atoms with Gasteiger partial charge in [-0.25, -0.2) is 0 Å². The summed E-state index contributed by atoms with van der Waals surface area (Å²) >= 11 is 5.80. The summed E-state index contributed by atoms with van der Waals surface area (Å²) in [5.41, 5.74) is 0. The van der Waals surface area contributed by atoms with Gasteiger partial charge in [0.1, 0.15) is 12.4 Å². The molecule has 0 saturated carbocycles. The average Bonchev–Trinajstić information content (AvgIpc) is 2.35. The van der Waals surface area contributed by atoms with Crippen molar-refractivity contribution in [3.8, 4) is 5.75 Å². The number of hydrogen-bond donors (Lipinski definition) is 1. The third kappa shape index (κ3) is 5.91. The topological polar surface area (TPSA) is 30.5 Å². The van der Waals surface area contributed by atoms with Crippen molar-refractivity contribution in [2.45, 2.75) is 19.4 Å². The summed E-state index contributed by atoms with van der Waals surface area (Å²) < 4.78 is 10.8. The van der Waals surface area contributed by atoms with Gasteiger partial charge in [0.05, 0.1) is 12.6 Å². The second-order valence-corrected chi connectivity index (χ2v) is 4.31. The number of halogens is 1. The first-order valence-electron chi connectivity index (χ1n) is 5.87. The minimum Gasteiger partial charge on any atom is -0.492 e. The highest BCUT2D eigenvalue weighted by molar-refractivity contribution is 6.30. The van der Waals surface area contributed by atoms with Crippen LogP contribution in [0.2, 0.25) is 5.02 Å². The number of nitrogens with one attached hydrogen (secondary N) is 1. The van der Waals surface area contributed by atoms with Crippen molar-refractivity contribution < 1.29 is 9.47 Å². The van der Waals surface area contributed by atoms with E-state index in [1.165, 1.54) is 0 Å². The van der Waals surface area contributed by atoms with Gasteiger partial charge in [-0.1, -0.05) is 18.5 Å². The summed E-state index contributed by atoms with van der Waals surface area (Å²) in [7, 11) is 1.70. The standard InChI is InChI=1S/C13H20ClNO2/c1-3-8-15-12(9-16-2)10-17-13-6-4-11(14)5-7-13/h4-7,12,15H,3,8-10H2,1-2H3. The van der Waals surface area contributed by atoms with Crippen LogP contribution in [0.5, 0.6) is 5.75 Å². The molecule has 1 aromatic rings. The quantitative estimate of drug-likeness (QED) is 0.777. The minimum absolute atomic E-state index is 0.218. The van der Waals surface area contributed by atoms with Crippen LogP contribution < -0.4 is 10.1 Å². The van der Waals surface area contributed by atoms with E-state index in [-0.39, 0.29) is 6.04 Å². The van der Waals surface area contributed by atoms with E-state index in [1.54, 1.807) is 7.11 Å². The fourth-order valence-electron chi connectivity index (χ4n) is 1.44. The van der Waals surface area contributed by atoms with Crippen LogP contribution in [0.3, 0.4) is 0 Å². The molecular weight excluding hydrogens is 238 g/mol. The van der Waals surface area contributed by atoms with Crippen LogP contribution in [0.1, 0.15) is 13.3 Å². The highest BCUT2D eigenvalue weighted by Crippen LogP contribution is 2.15. The van der Waals surface area contributed by atoms with E-state index in [2.05, 4.69) is 12.2 Å². The minimum atomic E-state index is 0.218. The Morgan fingerprint density at radius 3 is 2.53 bits per heavy atom. The molecule has 0 aliphatic carbocycles. The zero-order valence-corrected chi connectivity index (χ0v) is 11.2. The Balaban J connectivity index is 2.37. The van der Waals surface area contributed by atoms with Gasteiger partial charge in [0, 0.05) is 12.1 Å². The van der Waals surface area contributed by atoms with Crippen LogP contribution in [0.4, 0.5) is 0 Å². The molecule has 0 bridgehead atoms. The molecule has 0 fully saturated rings. The summed E-state index contributed by atoms with van der Waals surface area (Å²) in [6.07, 6.45) is 1.10. The summed E-state index contributed by atoms with van der Waals surface area (Å²) in [5, 5.41) is 4.09. The van der Waals surface area contributed by atoms with Crippen molar-refractivity contribution in [3.05, 3.63) is 29.3 Å². The number of rotatable bonds is 8. The Bertz CT molecular complexity index is 303. The van der Waals surface area contributed by atoms with E-state index >= 15 is 0 Å². The molecule has 1 aromatic carbocycles. The van der Waals surface area contributed by atoms with Crippen molar-refractivity contribution in [1.82, 2.24) is 5.32 Å². The molecule has 0 saturated heterocycles. The summed E-state index contributed by atoms with van der Waals surface area (Å²) in [6.45, 7) is 4.35. The van der Waals surface area contributed by atoms with Gasteiger partial charge in [0.15, 0.2) is 0 Å². The van der Waals surface area contributed by atoms with Crippen molar-refractivity contribution in [3.63, 3.8) is 0 Å². The predicted octanol–water partition coefficient (Wildman–Crippen LogP) is 2.73. The first-order chi connectivity index (χ1) is 8.26. The predicted molar refractivity (Wildman–Crippen MR) is 70.9 cm³/mol. The molecule has 1 atom stereocenters. The van der Waals surface area contributed by atoms with E-state index in [4.69, 9.17) is 21.1 Å². The van der Waals surface area contributed by atoms with Gasteiger partial charge < -0.3 is 14.8 Å². The van der Waals surface area contributed by atoms with Crippen LogP contribution >= 0.6 is 11.6 Å². The van der Waals surface area contributed by atoms with Crippen LogP contribution in [0.15, 0.2) is 24.3 Å². The van der Waals surface area contributed by atoms with Gasteiger partial charge in [-0.15, -0.1) is 0 Å². The molecule has 3 nitrogen and oxygen atoms in total. The lowest BCUT2D eigenvalue weighted by atomic mass is 10.3. The molecule has 17 heavy (non-hydrogen) atoms. The van der Waals surface area contributed by atoms with E-state index in [0.29, 0.717) is 13.2 Å². The second-order valence-electron chi connectivity index (χ2n) is 3.87. The molecule has 1 rings (SSSR count). The molecule has 0 aromatic heterocycles. The Labute approximate surface area is 108 Å². The molecule has 0 aliphatic heterocycles. The lowest BCUT2D eigenvalue weighted by Gasteiger charge is -2.18. The Morgan fingerprint density at radius 2 is 1.94 bits per heavy atom. The normalized spacial score (nSPS) is 12.4. The van der Waals surface area contributed by atoms with Gasteiger partial charge in [0.2, 0.25) is 0 Å². The number of methoxy groups -OCH3 is 1. The Kier molecular flexibility index (Phi) is 7.01. The van der Waals surface area contributed by atoms with E-state index < -0.39 is 0 Å². The van der Waals surface area contributed by atoms with Crippen molar-refractivity contribution in [2.75, 3.05) is 26.9 Å². The Morgan fingerprint density at radius 1 is 1.24 bits per heavy atom. The molecule has 0 amide bonds. The van der Waals surface area contributed by atoms with Crippen molar-refractivity contribution in [1.29, 1.82) is 0 Å². The van der Waals surface area contributed by atoms with Gasteiger partial charge in [-0.05, 0) is 37.2 Å². The molecule has 4 heteroatoms. The maximum Gasteiger partial charge on any atom is 0.119 e. The molecule has 1 N–H and O–H groups in total. The molecule has 0 radical (unpaired) electrons. The molecule has 0 aliphatic rings. The first-order valence-corrected chi connectivity index (χ1v) is 6.24. The largest absolute Gasteiger partial charge is 0.492 e. The van der Waals surface area contributed by atoms with Crippen LogP contribution in [0.25, 0.3) is 0 Å². The van der Waals surface area contributed by atoms with Crippen molar-refractivity contribution >= 4 is 11.6 Å². The zero-order valence-electron chi connectivity index (χ0n) is 10.4. The highest BCUT2D eigenvalue weighted by atomic mass is 35.5. The third-order valence-electron chi connectivity index (χ3n) is 2.32. The Hall–Kier alpha value is -0.770. The first kappa shape index (κ1) is 14.3. The zero-order chi connectivity index (χ0) is 12.5. The van der Waals surface area contributed by atoms with Crippen LogP contribution in [-0.4, -0.2) is 32.9 Å². The van der Waals surface area contributed by atoms with Gasteiger partial charge in [-0.2, -0.15) is 0 Å². The highest BCUT2D eigenvalue weighted by Gasteiger charge is 2.08. The monoisotopic (exact) mass is 257 g/mol. The molecule has 0 spiro atoms. The summed E-state index contributed by atoms with van der Waals surface area (Å²) in [5.74, 6) is 0.828. The third-order valence-corrected chi connectivity index (χ3v) is 2.57. The fourth-order valence-corrected chi connectivity index (χ4v) is 1.57. The number of hydrogen-bond acceptors (Lipinski definition) is 3. The van der Waals surface area contributed by atoms with Crippen molar-refractivity contribution in [2.24, 2.45) is 0 Å². The molecule has 96 valence electrons.